The third kappa shape index (κ3) is 3.80. The quantitative estimate of drug-likeness (QED) is 0.873. The van der Waals surface area contributed by atoms with Crippen LogP contribution in [0.25, 0.3) is 0 Å². The molecule has 1 aromatic heterocycles. The third-order valence-corrected chi connectivity index (χ3v) is 4.41. The third-order valence-electron chi connectivity index (χ3n) is 3.41. The molecule has 0 radical (unpaired) electrons. The Hall–Kier alpha value is -1.40. The highest BCUT2D eigenvalue weighted by atomic mass is 32.1. The highest BCUT2D eigenvalue weighted by Crippen LogP contribution is 2.16. The molecule has 1 aromatic rings. The summed E-state index contributed by atoms with van der Waals surface area (Å²) in [6.07, 6.45) is 0.949. The number of hydrogen-bond acceptors (Lipinski definition) is 4. The van der Waals surface area contributed by atoms with Gasteiger partial charge in [-0.1, -0.05) is 6.92 Å². The van der Waals surface area contributed by atoms with Gasteiger partial charge in [-0.3, -0.25) is 9.59 Å². The van der Waals surface area contributed by atoms with E-state index in [-0.39, 0.29) is 24.4 Å². The number of carbonyl (C=O) groups excluding carboxylic acids is 2. The van der Waals surface area contributed by atoms with E-state index in [0.717, 1.165) is 17.8 Å². The first-order valence-corrected chi connectivity index (χ1v) is 7.65. The molecule has 20 heavy (non-hydrogen) atoms. The zero-order valence-corrected chi connectivity index (χ0v) is 12.7. The normalized spacial score (nSPS) is 22.6. The molecule has 0 aromatic carbocycles. The van der Waals surface area contributed by atoms with Gasteiger partial charge in [0.2, 0.25) is 5.91 Å². The van der Waals surface area contributed by atoms with Crippen molar-refractivity contribution in [1.82, 2.24) is 10.2 Å². The summed E-state index contributed by atoms with van der Waals surface area (Å²) < 4.78 is 0. The van der Waals surface area contributed by atoms with E-state index in [0.29, 0.717) is 17.3 Å². The van der Waals surface area contributed by atoms with E-state index in [9.17, 15) is 9.59 Å². The molecule has 6 heteroatoms. The predicted octanol–water partition coefficient (Wildman–Crippen LogP) is 0.982. The van der Waals surface area contributed by atoms with Crippen molar-refractivity contribution < 1.29 is 9.59 Å². The molecule has 1 aliphatic heterocycles. The lowest BCUT2D eigenvalue weighted by Crippen LogP contribution is -2.51. The number of thiophene rings is 1. The standard InChI is InChI=1S/C14H21N3O2S/c1-9-5-11(15)8-17(7-9)13(18)6-16-14(19)12-4-3-10(2)20-12/h3-4,9,11H,5-8,15H2,1-2H3,(H,16,19). The highest BCUT2D eigenvalue weighted by Gasteiger charge is 2.25. The summed E-state index contributed by atoms with van der Waals surface area (Å²) in [6, 6.07) is 3.71. The Balaban J connectivity index is 1.84. The maximum Gasteiger partial charge on any atom is 0.261 e. The molecular formula is C14H21N3O2S. The topological polar surface area (TPSA) is 75.4 Å². The number of hydrogen-bond donors (Lipinski definition) is 2. The van der Waals surface area contributed by atoms with Gasteiger partial charge < -0.3 is 16.0 Å². The number of piperidine rings is 1. The van der Waals surface area contributed by atoms with E-state index in [1.165, 1.54) is 11.3 Å². The van der Waals surface area contributed by atoms with Crippen LogP contribution in [0.5, 0.6) is 0 Å². The van der Waals surface area contributed by atoms with Crippen LogP contribution in [-0.2, 0) is 4.79 Å². The number of rotatable bonds is 3. The lowest BCUT2D eigenvalue weighted by molar-refractivity contribution is -0.132. The molecule has 2 rings (SSSR count). The van der Waals surface area contributed by atoms with Crippen LogP contribution in [0, 0.1) is 12.8 Å². The van der Waals surface area contributed by atoms with Crippen molar-refractivity contribution in [2.24, 2.45) is 11.7 Å². The monoisotopic (exact) mass is 295 g/mol. The zero-order chi connectivity index (χ0) is 14.7. The minimum atomic E-state index is -0.189. The molecular weight excluding hydrogens is 274 g/mol. The summed E-state index contributed by atoms with van der Waals surface area (Å²) in [6.45, 7) is 5.38. The van der Waals surface area contributed by atoms with Gasteiger partial charge in [0.1, 0.15) is 0 Å². The fraction of sp³-hybridized carbons (Fsp3) is 0.571. The molecule has 3 N–H and O–H groups in total. The van der Waals surface area contributed by atoms with Gasteiger partial charge in [-0.2, -0.15) is 0 Å². The van der Waals surface area contributed by atoms with E-state index in [2.05, 4.69) is 12.2 Å². The van der Waals surface area contributed by atoms with Gasteiger partial charge in [0, 0.05) is 24.0 Å². The molecule has 0 aliphatic carbocycles. The Labute approximate surface area is 123 Å². The fourth-order valence-corrected chi connectivity index (χ4v) is 3.30. The predicted molar refractivity (Wildman–Crippen MR) is 79.7 cm³/mol. The lowest BCUT2D eigenvalue weighted by atomic mass is 9.96. The van der Waals surface area contributed by atoms with Crippen LogP contribution in [-0.4, -0.2) is 42.4 Å². The second kappa shape index (κ2) is 6.37. The number of carbonyl (C=O) groups is 2. The van der Waals surface area contributed by atoms with Gasteiger partial charge >= 0.3 is 0 Å². The SMILES string of the molecule is Cc1ccc(C(=O)NCC(=O)N2CC(C)CC(N)C2)s1. The number of amides is 2. The maximum atomic E-state index is 12.1. The average molecular weight is 295 g/mol. The van der Waals surface area contributed by atoms with Crippen molar-refractivity contribution in [3.05, 3.63) is 21.9 Å². The van der Waals surface area contributed by atoms with Crippen LogP contribution in [0.3, 0.4) is 0 Å². The zero-order valence-electron chi connectivity index (χ0n) is 11.9. The Kier molecular flexibility index (Phi) is 4.77. The first-order chi connectivity index (χ1) is 9.45. The largest absolute Gasteiger partial charge is 0.342 e. The van der Waals surface area contributed by atoms with E-state index in [1.54, 1.807) is 11.0 Å². The summed E-state index contributed by atoms with van der Waals surface area (Å²) in [4.78, 5) is 27.4. The summed E-state index contributed by atoms with van der Waals surface area (Å²) in [5.41, 5.74) is 5.92. The number of nitrogens with two attached hydrogens (primary N) is 1. The van der Waals surface area contributed by atoms with Gasteiger partial charge in [0.25, 0.3) is 5.91 Å². The number of likely N-dealkylation sites (tertiary alicyclic amines) is 1. The van der Waals surface area contributed by atoms with Crippen molar-refractivity contribution in [2.75, 3.05) is 19.6 Å². The molecule has 1 aliphatic rings. The van der Waals surface area contributed by atoms with Crippen molar-refractivity contribution >= 4 is 23.2 Å². The minimum Gasteiger partial charge on any atom is -0.342 e. The molecule has 1 saturated heterocycles. The van der Waals surface area contributed by atoms with Crippen LogP contribution >= 0.6 is 11.3 Å². The van der Waals surface area contributed by atoms with Crippen LogP contribution in [0.15, 0.2) is 12.1 Å². The van der Waals surface area contributed by atoms with Gasteiger partial charge in [-0.15, -0.1) is 11.3 Å². The van der Waals surface area contributed by atoms with Crippen LogP contribution in [0.4, 0.5) is 0 Å². The Morgan fingerprint density at radius 2 is 2.20 bits per heavy atom. The molecule has 0 saturated carbocycles. The molecule has 2 atom stereocenters. The molecule has 110 valence electrons. The van der Waals surface area contributed by atoms with Crippen LogP contribution in [0.1, 0.15) is 27.9 Å². The highest BCUT2D eigenvalue weighted by molar-refractivity contribution is 7.13. The molecule has 2 unspecified atom stereocenters. The first-order valence-electron chi connectivity index (χ1n) is 6.83. The summed E-state index contributed by atoms with van der Waals surface area (Å²) >= 11 is 1.43. The van der Waals surface area contributed by atoms with E-state index < -0.39 is 0 Å². The van der Waals surface area contributed by atoms with Crippen molar-refractivity contribution in [1.29, 1.82) is 0 Å². The van der Waals surface area contributed by atoms with Gasteiger partial charge in [-0.05, 0) is 31.4 Å². The number of nitrogens with one attached hydrogen (secondary N) is 1. The maximum absolute atomic E-state index is 12.1. The van der Waals surface area contributed by atoms with Gasteiger partial charge in [-0.25, -0.2) is 0 Å². The summed E-state index contributed by atoms with van der Waals surface area (Å²) in [7, 11) is 0. The van der Waals surface area contributed by atoms with E-state index in [1.807, 2.05) is 13.0 Å². The molecule has 0 bridgehead atoms. The summed E-state index contributed by atoms with van der Waals surface area (Å²) in [5, 5.41) is 2.68. The average Bonchev–Trinajstić information content (AvgIpc) is 2.81. The smallest absolute Gasteiger partial charge is 0.261 e. The molecule has 2 amide bonds. The lowest BCUT2D eigenvalue weighted by Gasteiger charge is -2.34. The molecule has 1 fully saturated rings. The molecule has 5 nitrogen and oxygen atoms in total. The van der Waals surface area contributed by atoms with Crippen molar-refractivity contribution in [3.63, 3.8) is 0 Å². The first kappa shape index (κ1) is 15.0. The Morgan fingerprint density at radius 3 is 2.80 bits per heavy atom. The Morgan fingerprint density at radius 1 is 1.45 bits per heavy atom. The molecule has 0 spiro atoms. The van der Waals surface area contributed by atoms with Crippen LogP contribution < -0.4 is 11.1 Å². The number of aryl methyl sites for hydroxylation is 1. The van der Waals surface area contributed by atoms with Crippen LogP contribution in [0.2, 0.25) is 0 Å². The summed E-state index contributed by atoms with van der Waals surface area (Å²) in [5.74, 6) is 0.165. The van der Waals surface area contributed by atoms with Gasteiger partial charge in [0.15, 0.2) is 0 Å². The minimum absolute atomic E-state index is 0.0369. The van der Waals surface area contributed by atoms with E-state index in [4.69, 9.17) is 5.73 Å². The second-order valence-corrected chi connectivity index (χ2v) is 6.78. The van der Waals surface area contributed by atoms with Gasteiger partial charge in [0.05, 0.1) is 11.4 Å². The van der Waals surface area contributed by atoms with Crippen molar-refractivity contribution in [2.45, 2.75) is 26.3 Å². The van der Waals surface area contributed by atoms with E-state index >= 15 is 0 Å². The van der Waals surface area contributed by atoms with Crippen molar-refractivity contribution in [3.8, 4) is 0 Å². The fourth-order valence-electron chi connectivity index (χ4n) is 2.51. The number of nitrogens with zero attached hydrogens (tertiary/aromatic N) is 1. The molecule has 2 heterocycles. The Bertz CT molecular complexity index is 490. The second-order valence-electron chi connectivity index (χ2n) is 5.49.